The second-order valence-electron chi connectivity index (χ2n) is 5.03. The molecule has 2 atom stereocenters. The van der Waals surface area contributed by atoms with E-state index < -0.39 is 34.5 Å². The highest BCUT2D eigenvalue weighted by molar-refractivity contribution is 7.91. The Bertz CT molecular complexity index is 662. The molecule has 1 aromatic carbocycles. The first-order valence-electron chi connectivity index (χ1n) is 6.51. The number of benzene rings is 1. The number of nitrogens with one attached hydrogen (secondary N) is 1. The number of aliphatic hydroxyl groups excluding tert-OH is 1. The van der Waals surface area contributed by atoms with E-state index in [2.05, 4.69) is 5.32 Å². The van der Waals surface area contributed by atoms with Crippen LogP contribution in [0.3, 0.4) is 0 Å². The van der Waals surface area contributed by atoms with Crippen LogP contribution in [0.1, 0.15) is 0 Å². The van der Waals surface area contributed by atoms with Gasteiger partial charge in [0.25, 0.3) is 0 Å². The summed E-state index contributed by atoms with van der Waals surface area (Å²) in [5, 5.41) is 21.9. The number of carboxylic acids is 1. The van der Waals surface area contributed by atoms with Crippen molar-refractivity contribution in [2.75, 3.05) is 23.4 Å². The Balaban J connectivity index is 2.19. The van der Waals surface area contributed by atoms with Crippen LogP contribution in [0.4, 0.5) is 5.69 Å². The van der Waals surface area contributed by atoms with Crippen LogP contribution in [0.5, 0.6) is 0 Å². The van der Waals surface area contributed by atoms with Crippen LogP contribution in [0.25, 0.3) is 0 Å². The van der Waals surface area contributed by atoms with Crippen LogP contribution in [-0.2, 0) is 14.6 Å². The van der Waals surface area contributed by atoms with Crippen LogP contribution < -0.4 is 5.32 Å². The van der Waals surface area contributed by atoms with E-state index in [1.54, 1.807) is 24.3 Å². The minimum atomic E-state index is -3.40. The number of rotatable bonds is 4. The van der Waals surface area contributed by atoms with Crippen molar-refractivity contribution < 1.29 is 23.4 Å². The maximum Gasteiger partial charge on any atom is 0.323 e. The second-order valence-corrected chi connectivity index (χ2v) is 7.57. The smallest absolute Gasteiger partial charge is 0.323 e. The molecule has 1 saturated heterocycles. The van der Waals surface area contributed by atoms with Crippen molar-refractivity contribution in [3.05, 3.63) is 30.3 Å². The summed E-state index contributed by atoms with van der Waals surface area (Å²) < 4.78 is 23.2. The van der Waals surface area contributed by atoms with E-state index in [9.17, 15) is 18.3 Å². The van der Waals surface area contributed by atoms with E-state index in [-0.39, 0.29) is 16.6 Å². The maximum absolute atomic E-state index is 11.6. The summed E-state index contributed by atoms with van der Waals surface area (Å²) in [6.07, 6.45) is -1.17. The third-order valence-electron chi connectivity index (χ3n) is 3.29. The van der Waals surface area contributed by atoms with Gasteiger partial charge in [0.15, 0.2) is 14.9 Å². The Hall–Kier alpha value is -1.71. The highest BCUT2D eigenvalue weighted by Gasteiger charge is 2.41. The van der Waals surface area contributed by atoms with E-state index in [0.29, 0.717) is 5.69 Å². The molecular formula is C13H16N2O5S2. The first-order chi connectivity index (χ1) is 10.3. The first kappa shape index (κ1) is 16.7. The SMILES string of the molecule is O=C(O)CN(C(=S)Nc1ccccc1)[C@H]1CS(=O)(=O)C[C@@H]1O. The molecule has 0 unspecified atom stereocenters. The molecule has 1 aliphatic rings. The number of nitrogens with zero attached hydrogens (tertiary/aromatic N) is 1. The fourth-order valence-corrected chi connectivity index (χ4v) is 4.43. The van der Waals surface area contributed by atoms with Gasteiger partial charge in [0.2, 0.25) is 0 Å². The predicted molar refractivity (Wildman–Crippen MR) is 85.5 cm³/mol. The minimum Gasteiger partial charge on any atom is -0.480 e. The summed E-state index contributed by atoms with van der Waals surface area (Å²) in [6, 6.07) is 7.99. The molecule has 22 heavy (non-hydrogen) atoms. The fourth-order valence-electron chi connectivity index (χ4n) is 2.31. The fraction of sp³-hybridized carbons (Fsp3) is 0.385. The molecule has 9 heteroatoms. The van der Waals surface area contributed by atoms with Gasteiger partial charge >= 0.3 is 5.97 Å². The lowest BCUT2D eigenvalue weighted by Crippen LogP contribution is -2.50. The molecule has 0 spiro atoms. The van der Waals surface area contributed by atoms with Gasteiger partial charge in [-0.15, -0.1) is 0 Å². The largest absolute Gasteiger partial charge is 0.480 e. The van der Waals surface area contributed by atoms with Crippen LogP contribution in [0.15, 0.2) is 30.3 Å². The number of hydrogen-bond acceptors (Lipinski definition) is 5. The third kappa shape index (κ3) is 4.15. The number of sulfone groups is 1. The van der Waals surface area contributed by atoms with E-state index in [0.717, 1.165) is 0 Å². The van der Waals surface area contributed by atoms with Gasteiger partial charge in [-0.2, -0.15) is 0 Å². The predicted octanol–water partition coefficient (Wildman–Crippen LogP) is -0.0721. The van der Waals surface area contributed by atoms with Crippen LogP contribution in [0.2, 0.25) is 0 Å². The van der Waals surface area contributed by atoms with Crippen molar-refractivity contribution >= 4 is 38.8 Å². The standard InChI is InChI=1S/C13H16N2O5S2/c16-11-8-22(19,20)7-10(11)15(6-12(17)18)13(21)14-9-4-2-1-3-5-9/h1-5,10-11,16H,6-8H2,(H,14,21)(H,17,18)/t10-,11-/m0/s1. The number of carboxylic acid groups (broad SMARTS) is 1. The van der Waals surface area contributed by atoms with Gasteiger partial charge in [-0.1, -0.05) is 18.2 Å². The zero-order valence-corrected chi connectivity index (χ0v) is 13.2. The number of aliphatic carboxylic acids is 1. The van der Waals surface area contributed by atoms with Crippen molar-refractivity contribution in [3.63, 3.8) is 0 Å². The highest BCUT2D eigenvalue weighted by atomic mass is 32.2. The van der Waals surface area contributed by atoms with Crippen molar-refractivity contribution in [2.45, 2.75) is 12.1 Å². The molecule has 1 aliphatic heterocycles. The summed E-state index contributed by atoms with van der Waals surface area (Å²) in [6.45, 7) is -0.490. The quantitative estimate of drug-likeness (QED) is 0.652. The van der Waals surface area contributed by atoms with Crippen molar-refractivity contribution in [3.8, 4) is 0 Å². The molecule has 120 valence electrons. The summed E-state index contributed by atoms with van der Waals surface area (Å²) in [5.41, 5.74) is 0.651. The lowest BCUT2D eigenvalue weighted by molar-refractivity contribution is -0.137. The molecular weight excluding hydrogens is 328 g/mol. The Labute approximate surface area is 133 Å². The Morgan fingerprint density at radius 1 is 1.32 bits per heavy atom. The van der Waals surface area contributed by atoms with Gasteiger partial charge in [-0.25, -0.2) is 8.42 Å². The van der Waals surface area contributed by atoms with Gasteiger partial charge in [0.05, 0.1) is 23.7 Å². The summed E-state index contributed by atoms with van der Waals surface area (Å²) in [5.74, 6) is -1.87. The zero-order valence-electron chi connectivity index (χ0n) is 11.5. The molecule has 1 aromatic rings. The average molecular weight is 344 g/mol. The maximum atomic E-state index is 11.6. The number of hydrogen-bond donors (Lipinski definition) is 3. The van der Waals surface area contributed by atoms with Gasteiger partial charge in [-0.3, -0.25) is 4.79 Å². The van der Waals surface area contributed by atoms with Crippen LogP contribution in [0, 0.1) is 0 Å². The molecule has 3 N–H and O–H groups in total. The Morgan fingerprint density at radius 2 is 1.95 bits per heavy atom. The van der Waals surface area contributed by atoms with Crippen molar-refractivity contribution in [2.24, 2.45) is 0 Å². The summed E-state index contributed by atoms with van der Waals surface area (Å²) >= 11 is 5.19. The molecule has 1 fully saturated rings. The van der Waals surface area contributed by atoms with Crippen molar-refractivity contribution in [1.82, 2.24) is 4.90 Å². The molecule has 0 radical (unpaired) electrons. The summed E-state index contributed by atoms with van der Waals surface area (Å²) in [7, 11) is -3.40. The first-order valence-corrected chi connectivity index (χ1v) is 8.74. The van der Waals surface area contributed by atoms with Gasteiger partial charge in [0.1, 0.15) is 6.54 Å². The molecule has 0 aliphatic carbocycles. The zero-order chi connectivity index (χ0) is 16.3. The number of aliphatic hydroxyl groups is 1. The molecule has 0 saturated carbocycles. The number of anilines is 1. The Kier molecular flexibility index (Phi) is 4.99. The molecule has 2 rings (SSSR count). The lowest BCUT2D eigenvalue weighted by Gasteiger charge is -2.31. The molecule has 1 heterocycles. The topological polar surface area (TPSA) is 107 Å². The van der Waals surface area contributed by atoms with E-state index in [4.69, 9.17) is 17.3 Å². The van der Waals surface area contributed by atoms with Gasteiger partial charge in [0, 0.05) is 5.69 Å². The normalized spacial score (nSPS) is 23.0. The monoisotopic (exact) mass is 344 g/mol. The third-order valence-corrected chi connectivity index (χ3v) is 5.32. The lowest BCUT2D eigenvalue weighted by atomic mass is 10.2. The average Bonchev–Trinajstić information content (AvgIpc) is 2.70. The van der Waals surface area contributed by atoms with E-state index in [1.807, 2.05) is 6.07 Å². The number of carbonyl (C=O) groups is 1. The van der Waals surface area contributed by atoms with Crippen LogP contribution >= 0.6 is 12.2 Å². The molecule has 7 nitrogen and oxygen atoms in total. The minimum absolute atomic E-state index is 0.0646. The van der Waals surface area contributed by atoms with E-state index in [1.165, 1.54) is 4.90 Å². The Morgan fingerprint density at radius 3 is 2.45 bits per heavy atom. The van der Waals surface area contributed by atoms with Crippen LogP contribution in [-0.4, -0.2) is 64.8 Å². The van der Waals surface area contributed by atoms with Gasteiger partial charge in [-0.05, 0) is 24.4 Å². The second kappa shape index (κ2) is 6.59. The number of thiocarbonyl (C=S) groups is 1. The summed E-state index contributed by atoms with van der Waals surface area (Å²) in [4.78, 5) is 12.2. The highest BCUT2D eigenvalue weighted by Crippen LogP contribution is 2.20. The van der Waals surface area contributed by atoms with E-state index >= 15 is 0 Å². The van der Waals surface area contributed by atoms with Gasteiger partial charge < -0.3 is 20.4 Å². The molecule has 0 aromatic heterocycles. The van der Waals surface area contributed by atoms with Crippen molar-refractivity contribution in [1.29, 1.82) is 0 Å². The molecule has 0 bridgehead atoms. The molecule has 0 amide bonds. The number of para-hydroxylation sites is 1.